The lowest BCUT2D eigenvalue weighted by Crippen LogP contribution is -2.49. The predicted octanol–water partition coefficient (Wildman–Crippen LogP) is 2.96. The lowest BCUT2D eigenvalue weighted by Gasteiger charge is -2.23. The van der Waals surface area contributed by atoms with Crippen molar-refractivity contribution >= 4 is 22.9 Å². The summed E-state index contributed by atoms with van der Waals surface area (Å²) in [7, 11) is 1.96. The second kappa shape index (κ2) is 8.61. The SMILES string of the molecule is Cc1[nH]ncc1CNC(=O)[C@@H](Cc1cn(C)c2ccccc12)NC(=O)OC(C)(C)C. The molecule has 0 saturated carbocycles. The Balaban J connectivity index is 1.80. The summed E-state index contributed by atoms with van der Waals surface area (Å²) in [5.41, 5.74) is 3.17. The smallest absolute Gasteiger partial charge is 0.408 e. The Morgan fingerprint density at radius 3 is 2.63 bits per heavy atom. The average molecular weight is 412 g/mol. The van der Waals surface area contributed by atoms with Crippen LogP contribution in [0.3, 0.4) is 0 Å². The Morgan fingerprint density at radius 1 is 1.23 bits per heavy atom. The summed E-state index contributed by atoms with van der Waals surface area (Å²) in [5, 5.41) is 13.5. The minimum Gasteiger partial charge on any atom is -0.444 e. The number of amides is 2. The molecule has 2 aromatic heterocycles. The van der Waals surface area contributed by atoms with E-state index in [-0.39, 0.29) is 5.91 Å². The van der Waals surface area contributed by atoms with E-state index >= 15 is 0 Å². The van der Waals surface area contributed by atoms with Crippen LogP contribution < -0.4 is 10.6 Å². The minimum absolute atomic E-state index is 0.283. The fraction of sp³-hybridized carbons (Fsp3) is 0.409. The molecule has 0 saturated heterocycles. The number of carbonyl (C=O) groups excluding carboxylic acids is 2. The number of fused-ring (bicyclic) bond motifs is 1. The molecule has 0 fully saturated rings. The molecule has 3 rings (SSSR count). The topological polar surface area (TPSA) is 101 Å². The number of benzene rings is 1. The molecule has 0 spiro atoms. The number of nitrogens with one attached hydrogen (secondary N) is 3. The first-order chi connectivity index (χ1) is 14.1. The van der Waals surface area contributed by atoms with Crippen LogP contribution in [0.4, 0.5) is 4.79 Å². The van der Waals surface area contributed by atoms with Crippen molar-refractivity contribution in [1.82, 2.24) is 25.4 Å². The third-order valence-electron chi connectivity index (χ3n) is 4.80. The van der Waals surface area contributed by atoms with Crippen LogP contribution in [0.2, 0.25) is 0 Å². The van der Waals surface area contributed by atoms with Gasteiger partial charge in [0.05, 0.1) is 6.20 Å². The number of hydrogen-bond donors (Lipinski definition) is 3. The fourth-order valence-corrected chi connectivity index (χ4v) is 3.33. The number of para-hydroxylation sites is 1. The first-order valence-electron chi connectivity index (χ1n) is 9.93. The highest BCUT2D eigenvalue weighted by molar-refractivity contribution is 5.88. The van der Waals surface area contributed by atoms with Crippen molar-refractivity contribution in [3.63, 3.8) is 0 Å². The number of rotatable bonds is 6. The number of ether oxygens (including phenoxy) is 1. The van der Waals surface area contributed by atoms with E-state index in [0.29, 0.717) is 13.0 Å². The number of alkyl carbamates (subject to hydrolysis) is 1. The van der Waals surface area contributed by atoms with Crippen LogP contribution in [0.25, 0.3) is 10.9 Å². The van der Waals surface area contributed by atoms with E-state index in [9.17, 15) is 9.59 Å². The van der Waals surface area contributed by atoms with E-state index in [1.165, 1.54) is 0 Å². The Bertz CT molecular complexity index is 1040. The first-order valence-corrected chi connectivity index (χ1v) is 9.93. The van der Waals surface area contributed by atoms with Gasteiger partial charge in [0.1, 0.15) is 11.6 Å². The largest absolute Gasteiger partial charge is 0.444 e. The summed E-state index contributed by atoms with van der Waals surface area (Å²) in [6.07, 6.45) is 3.39. The zero-order valence-corrected chi connectivity index (χ0v) is 18.1. The predicted molar refractivity (Wildman–Crippen MR) is 115 cm³/mol. The molecule has 3 N–H and O–H groups in total. The van der Waals surface area contributed by atoms with Gasteiger partial charge in [-0.2, -0.15) is 5.10 Å². The summed E-state index contributed by atoms with van der Waals surface area (Å²) in [5.74, 6) is -0.283. The molecule has 0 aliphatic carbocycles. The van der Waals surface area contributed by atoms with Gasteiger partial charge in [-0.25, -0.2) is 4.79 Å². The van der Waals surface area contributed by atoms with Crippen LogP contribution in [-0.4, -0.2) is 38.4 Å². The van der Waals surface area contributed by atoms with Crippen molar-refractivity contribution in [3.8, 4) is 0 Å². The van der Waals surface area contributed by atoms with Gasteiger partial charge < -0.3 is 19.9 Å². The van der Waals surface area contributed by atoms with Crippen molar-refractivity contribution < 1.29 is 14.3 Å². The summed E-state index contributed by atoms with van der Waals surface area (Å²) in [4.78, 5) is 25.4. The molecule has 1 aromatic carbocycles. The maximum atomic E-state index is 13.0. The number of aryl methyl sites for hydroxylation is 2. The molecular formula is C22H29N5O3. The van der Waals surface area contributed by atoms with Crippen molar-refractivity contribution in [3.05, 3.63) is 53.5 Å². The van der Waals surface area contributed by atoms with Gasteiger partial charge in [0, 0.05) is 48.4 Å². The summed E-state index contributed by atoms with van der Waals surface area (Å²) >= 11 is 0. The van der Waals surface area contributed by atoms with E-state index in [4.69, 9.17) is 4.74 Å². The molecule has 3 aromatic rings. The minimum atomic E-state index is -0.780. The average Bonchev–Trinajstić information content (AvgIpc) is 3.21. The maximum absolute atomic E-state index is 13.0. The molecule has 2 amide bonds. The third-order valence-corrected chi connectivity index (χ3v) is 4.80. The van der Waals surface area contributed by atoms with Gasteiger partial charge in [-0.15, -0.1) is 0 Å². The number of nitrogens with zero attached hydrogens (tertiary/aromatic N) is 2. The van der Waals surface area contributed by atoms with Crippen LogP contribution in [0.15, 0.2) is 36.7 Å². The molecule has 8 heteroatoms. The van der Waals surface area contributed by atoms with E-state index in [2.05, 4.69) is 20.8 Å². The summed E-state index contributed by atoms with van der Waals surface area (Å²) < 4.78 is 7.38. The first kappa shape index (κ1) is 21.4. The van der Waals surface area contributed by atoms with E-state index in [1.54, 1.807) is 27.0 Å². The summed E-state index contributed by atoms with van der Waals surface area (Å²) in [6.45, 7) is 7.57. The van der Waals surface area contributed by atoms with Crippen molar-refractivity contribution in [2.75, 3.05) is 0 Å². The highest BCUT2D eigenvalue weighted by Crippen LogP contribution is 2.22. The van der Waals surface area contributed by atoms with Crippen LogP contribution in [0, 0.1) is 6.92 Å². The van der Waals surface area contributed by atoms with E-state index < -0.39 is 17.7 Å². The standard InChI is InChI=1S/C22H29N5O3/c1-14-16(12-24-26-14)11-23-20(28)18(25-21(29)30-22(2,3)4)10-15-13-27(5)19-9-7-6-8-17(15)19/h6-9,12-13,18H,10-11H2,1-5H3,(H,23,28)(H,24,26)(H,25,29)/t18-/m1/s1. The fourth-order valence-electron chi connectivity index (χ4n) is 3.33. The summed E-state index contributed by atoms with van der Waals surface area (Å²) in [6, 6.07) is 7.20. The second-order valence-corrected chi connectivity index (χ2v) is 8.42. The third kappa shape index (κ3) is 5.20. The van der Waals surface area contributed by atoms with Gasteiger partial charge >= 0.3 is 6.09 Å². The molecule has 0 radical (unpaired) electrons. The lowest BCUT2D eigenvalue weighted by molar-refractivity contribution is -0.123. The lowest BCUT2D eigenvalue weighted by atomic mass is 10.0. The van der Waals surface area contributed by atoms with Gasteiger partial charge in [-0.05, 0) is 39.3 Å². The molecule has 1 atom stereocenters. The normalized spacial score (nSPS) is 12.6. The van der Waals surface area contributed by atoms with Crippen molar-refractivity contribution in [2.45, 2.75) is 52.3 Å². The van der Waals surface area contributed by atoms with Gasteiger partial charge in [-0.3, -0.25) is 9.89 Å². The van der Waals surface area contributed by atoms with Crippen molar-refractivity contribution in [2.24, 2.45) is 7.05 Å². The van der Waals surface area contributed by atoms with Crippen LogP contribution in [0.5, 0.6) is 0 Å². The molecule has 0 aliphatic heterocycles. The van der Waals surface area contributed by atoms with Gasteiger partial charge in [0.25, 0.3) is 0 Å². The van der Waals surface area contributed by atoms with Crippen LogP contribution in [0.1, 0.15) is 37.6 Å². The highest BCUT2D eigenvalue weighted by Gasteiger charge is 2.26. The maximum Gasteiger partial charge on any atom is 0.408 e. The monoisotopic (exact) mass is 411 g/mol. The van der Waals surface area contributed by atoms with E-state index in [1.807, 2.05) is 49.0 Å². The molecule has 8 nitrogen and oxygen atoms in total. The molecule has 30 heavy (non-hydrogen) atoms. The Kier molecular flexibility index (Phi) is 6.14. The Morgan fingerprint density at radius 2 is 1.97 bits per heavy atom. The zero-order chi connectivity index (χ0) is 21.9. The van der Waals surface area contributed by atoms with Gasteiger partial charge in [-0.1, -0.05) is 18.2 Å². The van der Waals surface area contributed by atoms with Gasteiger partial charge in [0.2, 0.25) is 5.91 Å². The second-order valence-electron chi connectivity index (χ2n) is 8.42. The Labute approximate surface area is 176 Å². The number of aromatic amines is 1. The zero-order valence-electron chi connectivity index (χ0n) is 18.1. The quantitative estimate of drug-likeness (QED) is 0.580. The van der Waals surface area contributed by atoms with Crippen LogP contribution in [-0.2, 0) is 29.5 Å². The van der Waals surface area contributed by atoms with Gasteiger partial charge in [0.15, 0.2) is 0 Å². The van der Waals surface area contributed by atoms with E-state index in [0.717, 1.165) is 27.7 Å². The molecule has 2 heterocycles. The molecule has 0 aliphatic rings. The van der Waals surface area contributed by atoms with Crippen LogP contribution >= 0.6 is 0 Å². The Hall–Kier alpha value is -3.29. The molecule has 0 bridgehead atoms. The number of carbonyl (C=O) groups is 2. The molecule has 0 unspecified atom stereocenters. The molecule has 160 valence electrons. The number of hydrogen-bond acceptors (Lipinski definition) is 4. The molecular weight excluding hydrogens is 382 g/mol. The number of aromatic nitrogens is 3. The highest BCUT2D eigenvalue weighted by atomic mass is 16.6. The number of H-pyrrole nitrogens is 1. The van der Waals surface area contributed by atoms with Crippen molar-refractivity contribution in [1.29, 1.82) is 0 Å².